The minimum absolute atomic E-state index is 0.567. The molecule has 0 aliphatic carbocycles. The lowest BCUT2D eigenvalue weighted by Crippen LogP contribution is -2.46. The molecular formula is C15H25NO. The minimum atomic E-state index is 0.567. The van der Waals surface area contributed by atoms with Crippen molar-refractivity contribution in [3.8, 4) is 0 Å². The summed E-state index contributed by atoms with van der Waals surface area (Å²) in [6.07, 6.45) is 9.56. The van der Waals surface area contributed by atoms with Gasteiger partial charge in [-0.1, -0.05) is 51.2 Å². The quantitative estimate of drug-likeness (QED) is 0.628. The van der Waals surface area contributed by atoms with E-state index in [2.05, 4.69) is 25.0 Å². The minimum Gasteiger partial charge on any atom is -0.378 e. The molecule has 1 rings (SSSR count). The van der Waals surface area contributed by atoms with Gasteiger partial charge in [0.05, 0.1) is 13.2 Å². The van der Waals surface area contributed by atoms with Crippen LogP contribution >= 0.6 is 0 Å². The van der Waals surface area contributed by atoms with E-state index < -0.39 is 0 Å². The molecule has 1 fully saturated rings. The fourth-order valence-electron chi connectivity index (χ4n) is 2.17. The molecule has 1 atom stereocenters. The Morgan fingerprint density at radius 2 is 2.29 bits per heavy atom. The van der Waals surface area contributed by atoms with Crippen LogP contribution in [-0.4, -0.2) is 37.2 Å². The lowest BCUT2D eigenvalue weighted by Gasteiger charge is -2.36. The molecule has 0 spiro atoms. The Kier molecular flexibility index (Phi) is 6.90. The van der Waals surface area contributed by atoms with E-state index in [0.717, 1.165) is 26.3 Å². The topological polar surface area (TPSA) is 12.5 Å². The van der Waals surface area contributed by atoms with Crippen molar-refractivity contribution in [2.75, 3.05) is 26.3 Å². The first kappa shape index (κ1) is 14.2. The number of ether oxygens (including phenoxy) is 1. The summed E-state index contributed by atoms with van der Waals surface area (Å²) in [4.78, 5) is 2.51. The van der Waals surface area contributed by atoms with Gasteiger partial charge in [0, 0.05) is 19.1 Å². The predicted octanol–water partition coefficient (Wildman–Crippen LogP) is 3.18. The third-order valence-electron chi connectivity index (χ3n) is 3.22. The monoisotopic (exact) mass is 235 g/mol. The van der Waals surface area contributed by atoms with Crippen LogP contribution in [0.4, 0.5) is 0 Å². The maximum absolute atomic E-state index is 5.58. The van der Waals surface area contributed by atoms with Gasteiger partial charge in [-0.15, -0.1) is 0 Å². The molecule has 2 nitrogen and oxygen atoms in total. The van der Waals surface area contributed by atoms with Crippen molar-refractivity contribution in [3.05, 3.63) is 37.0 Å². The van der Waals surface area contributed by atoms with Gasteiger partial charge < -0.3 is 4.74 Å². The van der Waals surface area contributed by atoms with Crippen LogP contribution in [0.1, 0.15) is 26.2 Å². The lowest BCUT2D eigenvalue weighted by molar-refractivity contribution is -0.00607. The molecule has 1 aliphatic heterocycles. The first-order chi connectivity index (χ1) is 8.31. The summed E-state index contributed by atoms with van der Waals surface area (Å²) < 4.78 is 5.58. The van der Waals surface area contributed by atoms with Crippen LogP contribution in [0.2, 0.25) is 0 Å². The Morgan fingerprint density at radius 3 is 2.94 bits per heavy atom. The average molecular weight is 235 g/mol. The van der Waals surface area contributed by atoms with Crippen molar-refractivity contribution in [1.82, 2.24) is 4.90 Å². The smallest absolute Gasteiger partial charge is 0.0622 e. The molecule has 0 N–H and O–H groups in total. The summed E-state index contributed by atoms with van der Waals surface area (Å²) in [6, 6.07) is 0.567. The van der Waals surface area contributed by atoms with Gasteiger partial charge in [-0.2, -0.15) is 0 Å². The number of nitrogens with zero attached hydrogens (tertiary/aromatic N) is 1. The summed E-state index contributed by atoms with van der Waals surface area (Å²) >= 11 is 0. The van der Waals surface area contributed by atoms with Gasteiger partial charge >= 0.3 is 0 Å². The highest BCUT2D eigenvalue weighted by molar-refractivity contribution is 5.22. The zero-order valence-electron chi connectivity index (χ0n) is 11.0. The Labute approximate surface area is 106 Å². The van der Waals surface area contributed by atoms with E-state index in [-0.39, 0.29) is 0 Å². The molecule has 1 aliphatic rings. The van der Waals surface area contributed by atoms with Gasteiger partial charge in [0.2, 0.25) is 0 Å². The first-order valence-electron chi connectivity index (χ1n) is 6.57. The van der Waals surface area contributed by atoms with Crippen LogP contribution in [0.25, 0.3) is 0 Å². The van der Waals surface area contributed by atoms with Crippen LogP contribution in [0.15, 0.2) is 37.0 Å². The second kappa shape index (κ2) is 8.26. The molecule has 17 heavy (non-hydrogen) atoms. The van der Waals surface area contributed by atoms with Gasteiger partial charge in [-0.05, 0) is 12.0 Å². The molecule has 0 aromatic rings. The number of unbranched alkanes of at least 4 members (excludes halogenated alkanes) is 1. The Hall–Kier alpha value is -0.860. The zero-order chi connectivity index (χ0) is 12.5. The second-order valence-electron chi connectivity index (χ2n) is 4.52. The highest BCUT2D eigenvalue weighted by Crippen LogP contribution is 2.15. The largest absolute Gasteiger partial charge is 0.378 e. The van der Waals surface area contributed by atoms with E-state index in [9.17, 15) is 0 Å². The fourth-order valence-corrected chi connectivity index (χ4v) is 2.17. The van der Waals surface area contributed by atoms with E-state index in [1.165, 1.54) is 24.8 Å². The van der Waals surface area contributed by atoms with Crippen molar-refractivity contribution in [3.63, 3.8) is 0 Å². The van der Waals surface area contributed by atoms with Gasteiger partial charge in [0.15, 0.2) is 0 Å². The van der Waals surface area contributed by atoms with E-state index in [1.54, 1.807) is 0 Å². The molecule has 0 aromatic carbocycles. The number of hydrogen-bond donors (Lipinski definition) is 0. The second-order valence-corrected chi connectivity index (χ2v) is 4.52. The fraction of sp³-hybridized carbons (Fsp3) is 0.600. The van der Waals surface area contributed by atoms with Crippen molar-refractivity contribution in [1.29, 1.82) is 0 Å². The molecule has 2 heteroatoms. The Bertz CT molecular complexity index is 270. The predicted molar refractivity (Wildman–Crippen MR) is 74.2 cm³/mol. The lowest BCUT2D eigenvalue weighted by atomic mass is 10.1. The normalized spacial score (nSPS) is 22.4. The molecule has 1 saturated heterocycles. The van der Waals surface area contributed by atoms with Crippen LogP contribution in [0.3, 0.4) is 0 Å². The third kappa shape index (κ3) is 4.88. The van der Waals surface area contributed by atoms with Crippen molar-refractivity contribution in [2.24, 2.45) is 0 Å². The Morgan fingerprint density at radius 1 is 1.47 bits per heavy atom. The number of hydrogen-bond acceptors (Lipinski definition) is 2. The van der Waals surface area contributed by atoms with Crippen LogP contribution in [-0.2, 0) is 4.74 Å². The molecule has 0 amide bonds. The van der Waals surface area contributed by atoms with Gasteiger partial charge in [-0.3, -0.25) is 4.90 Å². The average Bonchev–Trinajstić information content (AvgIpc) is 2.37. The molecule has 0 saturated carbocycles. The van der Waals surface area contributed by atoms with Crippen molar-refractivity contribution in [2.45, 2.75) is 32.2 Å². The number of allylic oxidation sites excluding steroid dienone is 2. The molecule has 96 valence electrons. The van der Waals surface area contributed by atoms with E-state index in [0.29, 0.717) is 6.04 Å². The zero-order valence-corrected chi connectivity index (χ0v) is 11.0. The van der Waals surface area contributed by atoms with Crippen molar-refractivity contribution < 1.29 is 4.74 Å². The summed E-state index contributed by atoms with van der Waals surface area (Å²) in [5.74, 6) is 0. The molecule has 0 aromatic heterocycles. The maximum Gasteiger partial charge on any atom is 0.0622 e. The van der Waals surface area contributed by atoms with Gasteiger partial charge in [0.1, 0.15) is 0 Å². The SMILES string of the molecule is C=C/C=C(\C=C)CN1CCOCC1CCCC. The highest BCUT2D eigenvalue weighted by atomic mass is 16.5. The van der Waals surface area contributed by atoms with E-state index in [1.807, 2.05) is 18.2 Å². The molecule has 1 unspecified atom stereocenters. The molecule has 0 bridgehead atoms. The van der Waals surface area contributed by atoms with Crippen LogP contribution < -0.4 is 0 Å². The standard InChI is InChI=1S/C15H25NO/c1-4-7-9-15-13-17-11-10-16(15)12-14(6-3)8-5-2/h5-6,8,15H,2-4,7,9-13H2,1H3/b14-8+. The van der Waals surface area contributed by atoms with E-state index in [4.69, 9.17) is 4.74 Å². The number of morpholine rings is 1. The third-order valence-corrected chi connectivity index (χ3v) is 3.22. The maximum atomic E-state index is 5.58. The van der Waals surface area contributed by atoms with E-state index >= 15 is 0 Å². The molecular weight excluding hydrogens is 210 g/mol. The summed E-state index contributed by atoms with van der Waals surface area (Å²) in [7, 11) is 0. The molecule has 1 heterocycles. The molecule has 0 radical (unpaired) electrons. The summed E-state index contributed by atoms with van der Waals surface area (Å²) in [5, 5.41) is 0. The van der Waals surface area contributed by atoms with Crippen LogP contribution in [0.5, 0.6) is 0 Å². The number of rotatable bonds is 7. The van der Waals surface area contributed by atoms with Gasteiger partial charge in [-0.25, -0.2) is 0 Å². The van der Waals surface area contributed by atoms with Gasteiger partial charge in [0.25, 0.3) is 0 Å². The van der Waals surface area contributed by atoms with Crippen molar-refractivity contribution >= 4 is 0 Å². The highest BCUT2D eigenvalue weighted by Gasteiger charge is 2.22. The summed E-state index contributed by atoms with van der Waals surface area (Å²) in [6.45, 7) is 13.5. The summed E-state index contributed by atoms with van der Waals surface area (Å²) in [5.41, 5.74) is 1.24. The van der Waals surface area contributed by atoms with Crippen LogP contribution in [0, 0.1) is 0 Å². The first-order valence-corrected chi connectivity index (χ1v) is 6.57. The Balaban J connectivity index is 2.54.